The van der Waals surface area contributed by atoms with E-state index >= 15 is 0 Å². The number of hydrogen-bond acceptors (Lipinski definition) is 4. The van der Waals surface area contributed by atoms with Crippen LogP contribution in [0.25, 0.3) is 0 Å². The SMILES string of the molecule is Cc1cc(F)ccc1NS(=O)(=O)c1cccc(C(=O)Nc2ccccc2C(=O)O)c1. The van der Waals surface area contributed by atoms with E-state index in [4.69, 9.17) is 0 Å². The maximum atomic E-state index is 13.2. The number of halogens is 1. The van der Waals surface area contributed by atoms with E-state index in [2.05, 4.69) is 10.0 Å². The molecule has 0 heterocycles. The summed E-state index contributed by atoms with van der Waals surface area (Å²) in [6.07, 6.45) is 0. The topological polar surface area (TPSA) is 113 Å². The summed E-state index contributed by atoms with van der Waals surface area (Å²) in [6.45, 7) is 1.56. The van der Waals surface area contributed by atoms with Gasteiger partial charge >= 0.3 is 5.97 Å². The van der Waals surface area contributed by atoms with Gasteiger partial charge in [0.15, 0.2) is 0 Å². The minimum Gasteiger partial charge on any atom is -0.478 e. The molecule has 1 amide bonds. The zero-order valence-corrected chi connectivity index (χ0v) is 16.5. The van der Waals surface area contributed by atoms with Crippen LogP contribution in [0.5, 0.6) is 0 Å². The van der Waals surface area contributed by atoms with E-state index in [1.165, 1.54) is 54.6 Å². The van der Waals surface area contributed by atoms with Crippen LogP contribution in [0, 0.1) is 12.7 Å². The smallest absolute Gasteiger partial charge is 0.337 e. The summed E-state index contributed by atoms with van der Waals surface area (Å²) >= 11 is 0. The molecule has 0 atom stereocenters. The van der Waals surface area contributed by atoms with Crippen LogP contribution in [-0.2, 0) is 10.0 Å². The fourth-order valence-electron chi connectivity index (χ4n) is 2.72. The molecule has 0 aliphatic rings. The largest absolute Gasteiger partial charge is 0.478 e. The van der Waals surface area contributed by atoms with E-state index in [9.17, 15) is 27.5 Å². The highest BCUT2D eigenvalue weighted by Gasteiger charge is 2.19. The molecule has 0 bridgehead atoms. The lowest BCUT2D eigenvalue weighted by Crippen LogP contribution is -2.17. The fourth-order valence-corrected chi connectivity index (χ4v) is 3.90. The number of carbonyl (C=O) groups excluding carboxylic acids is 1. The number of rotatable bonds is 6. The highest BCUT2D eigenvalue weighted by atomic mass is 32.2. The van der Waals surface area contributed by atoms with Crippen LogP contribution in [0.4, 0.5) is 15.8 Å². The number of amides is 1. The molecule has 3 rings (SSSR count). The van der Waals surface area contributed by atoms with Crippen molar-refractivity contribution in [1.82, 2.24) is 0 Å². The Balaban J connectivity index is 1.86. The lowest BCUT2D eigenvalue weighted by atomic mass is 10.1. The van der Waals surface area contributed by atoms with Gasteiger partial charge in [0.05, 0.1) is 21.8 Å². The van der Waals surface area contributed by atoms with Crippen LogP contribution in [0.1, 0.15) is 26.3 Å². The molecule has 0 saturated carbocycles. The Morgan fingerprint density at radius 3 is 2.37 bits per heavy atom. The summed E-state index contributed by atoms with van der Waals surface area (Å²) in [5, 5.41) is 11.7. The average molecular weight is 428 g/mol. The maximum Gasteiger partial charge on any atom is 0.337 e. The molecular weight excluding hydrogens is 411 g/mol. The van der Waals surface area contributed by atoms with Gasteiger partial charge in [-0.25, -0.2) is 17.6 Å². The molecule has 0 aliphatic carbocycles. The molecule has 3 N–H and O–H groups in total. The summed E-state index contributed by atoms with van der Waals surface area (Å²) in [5.74, 6) is -2.37. The van der Waals surface area contributed by atoms with E-state index in [1.54, 1.807) is 13.0 Å². The summed E-state index contributed by atoms with van der Waals surface area (Å²) in [7, 11) is -4.05. The molecule has 0 saturated heterocycles. The number of carbonyl (C=O) groups is 2. The number of carboxylic acids is 1. The van der Waals surface area contributed by atoms with Gasteiger partial charge in [0.25, 0.3) is 15.9 Å². The Kier molecular flexibility index (Phi) is 5.84. The van der Waals surface area contributed by atoms with Crippen LogP contribution in [0.3, 0.4) is 0 Å². The molecule has 30 heavy (non-hydrogen) atoms. The van der Waals surface area contributed by atoms with Gasteiger partial charge in [0.2, 0.25) is 0 Å². The van der Waals surface area contributed by atoms with Crippen molar-refractivity contribution >= 4 is 33.3 Å². The van der Waals surface area contributed by atoms with Crippen LogP contribution in [0.15, 0.2) is 71.6 Å². The number of hydrogen-bond donors (Lipinski definition) is 3. The highest BCUT2D eigenvalue weighted by molar-refractivity contribution is 7.92. The Bertz CT molecular complexity index is 1240. The number of nitrogens with one attached hydrogen (secondary N) is 2. The van der Waals surface area contributed by atoms with Crippen LogP contribution >= 0.6 is 0 Å². The first kappa shape index (κ1) is 21.0. The third kappa shape index (κ3) is 4.64. The fraction of sp³-hybridized carbons (Fsp3) is 0.0476. The van der Waals surface area contributed by atoms with Crippen LogP contribution < -0.4 is 10.0 Å². The molecule has 0 fully saturated rings. The highest BCUT2D eigenvalue weighted by Crippen LogP contribution is 2.22. The normalized spacial score (nSPS) is 11.0. The van der Waals surface area contributed by atoms with Gasteiger partial charge < -0.3 is 10.4 Å². The monoisotopic (exact) mass is 428 g/mol. The predicted octanol–water partition coefficient (Wildman–Crippen LogP) is 3.89. The molecule has 3 aromatic rings. The molecule has 7 nitrogen and oxygen atoms in total. The first-order valence-electron chi connectivity index (χ1n) is 8.70. The molecule has 0 spiro atoms. The van der Waals surface area contributed by atoms with Gasteiger partial charge in [0, 0.05) is 5.56 Å². The molecule has 9 heteroatoms. The van der Waals surface area contributed by atoms with E-state index in [1.807, 2.05) is 0 Å². The number of aryl methyl sites for hydroxylation is 1. The molecular formula is C21H17FN2O5S. The van der Waals surface area contributed by atoms with Crippen molar-refractivity contribution in [2.45, 2.75) is 11.8 Å². The first-order valence-corrected chi connectivity index (χ1v) is 10.2. The second-order valence-corrected chi connectivity index (χ2v) is 8.08. The quantitative estimate of drug-likeness (QED) is 0.551. The number of para-hydroxylation sites is 1. The van der Waals surface area contributed by atoms with Crippen molar-refractivity contribution in [2.75, 3.05) is 10.0 Å². The molecule has 0 aromatic heterocycles. The van der Waals surface area contributed by atoms with Crippen molar-refractivity contribution in [3.8, 4) is 0 Å². The predicted molar refractivity (Wildman–Crippen MR) is 110 cm³/mol. The van der Waals surface area contributed by atoms with Crippen molar-refractivity contribution in [3.05, 3.63) is 89.2 Å². The number of benzene rings is 3. The zero-order valence-electron chi connectivity index (χ0n) is 15.7. The Hall–Kier alpha value is -3.72. The lowest BCUT2D eigenvalue weighted by molar-refractivity contribution is 0.0698. The van der Waals surface area contributed by atoms with Crippen molar-refractivity contribution in [1.29, 1.82) is 0 Å². The maximum absolute atomic E-state index is 13.2. The molecule has 0 unspecified atom stereocenters. The Morgan fingerprint density at radius 2 is 1.67 bits per heavy atom. The second kappa shape index (κ2) is 8.34. The van der Waals surface area contributed by atoms with Crippen LogP contribution in [-0.4, -0.2) is 25.4 Å². The van der Waals surface area contributed by atoms with E-state index < -0.39 is 27.7 Å². The second-order valence-electron chi connectivity index (χ2n) is 6.40. The number of anilines is 2. The van der Waals surface area contributed by atoms with Gasteiger partial charge in [-0.2, -0.15) is 0 Å². The summed E-state index contributed by atoms with van der Waals surface area (Å²) in [6, 6.07) is 14.8. The third-order valence-electron chi connectivity index (χ3n) is 4.24. The third-order valence-corrected chi connectivity index (χ3v) is 5.61. The lowest BCUT2D eigenvalue weighted by Gasteiger charge is -2.12. The van der Waals surface area contributed by atoms with Crippen molar-refractivity contribution in [2.24, 2.45) is 0 Å². The molecule has 3 aromatic carbocycles. The summed E-state index contributed by atoms with van der Waals surface area (Å²) in [4.78, 5) is 23.7. The first-order chi connectivity index (χ1) is 14.2. The van der Waals surface area contributed by atoms with Crippen molar-refractivity contribution in [3.63, 3.8) is 0 Å². The Labute approximate surface area is 172 Å². The minimum atomic E-state index is -4.05. The molecule has 0 aliphatic heterocycles. The Morgan fingerprint density at radius 1 is 0.933 bits per heavy atom. The van der Waals surface area contributed by atoms with Crippen molar-refractivity contribution < 1.29 is 27.5 Å². The van der Waals surface area contributed by atoms with E-state index in [-0.39, 0.29) is 27.4 Å². The van der Waals surface area contributed by atoms with Crippen LogP contribution in [0.2, 0.25) is 0 Å². The number of aromatic carboxylic acids is 1. The van der Waals surface area contributed by atoms with Gasteiger partial charge in [-0.3, -0.25) is 9.52 Å². The summed E-state index contributed by atoms with van der Waals surface area (Å²) < 4.78 is 41.0. The standard InChI is InChI=1S/C21H17FN2O5S/c1-13-11-15(22)9-10-18(13)24-30(28,29)16-6-4-5-14(12-16)20(25)23-19-8-3-2-7-17(19)21(26)27/h2-12,24H,1H3,(H,23,25)(H,26,27). The zero-order chi connectivity index (χ0) is 21.9. The average Bonchev–Trinajstić information content (AvgIpc) is 2.70. The van der Waals surface area contributed by atoms with E-state index in [0.29, 0.717) is 5.56 Å². The number of sulfonamides is 1. The van der Waals surface area contributed by atoms with Gasteiger partial charge in [0.1, 0.15) is 5.82 Å². The van der Waals surface area contributed by atoms with Gasteiger partial charge in [-0.1, -0.05) is 18.2 Å². The summed E-state index contributed by atoms with van der Waals surface area (Å²) in [5.41, 5.74) is 0.625. The van der Waals surface area contributed by atoms with Gasteiger partial charge in [-0.15, -0.1) is 0 Å². The molecule has 154 valence electrons. The number of carboxylic acid groups (broad SMARTS) is 1. The molecule has 0 radical (unpaired) electrons. The van der Waals surface area contributed by atoms with Gasteiger partial charge in [-0.05, 0) is 61.0 Å². The minimum absolute atomic E-state index is 0.0221. The van der Waals surface area contributed by atoms with E-state index in [0.717, 1.165) is 6.07 Å².